The summed E-state index contributed by atoms with van der Waals surface area (Å²) in [5.41, 5.74) is 5.58. The van der Waals surface area contributed by atoms with Gasteiger partial charge in [0.1, 0.15) is 6.04 Å². The first kappa shape index (κ1) is 10.9. The van der Waals surface area contributed by atoms with Crippen molar-refractivity contribution in [3.8, 4) is 0 Å². The highest BCUT2D eigenvalue weighted by atomic mass is 16.2. The fourth-order valence-electron chi connectivity index (χ4n) is 0.640. The first-order valence-electron chi connectivity index (χ1n) is 4.03. The van der Waals surface area contributed by atoms with Gasteiger partial charge in [0, 0.05) is 13.0 Å². The molecule has 0 aliphatic heterocycles. The lowest BCUT2D eigenvalue weighted by Crippen LogP contribution is -2.31. The second kappa shape index (κ2) is 4.74. The molecular weight excluding hydrogens is 154 g/mol. The summed E-state index contributed by atoms with van der Waals surface area (Å²) in [4.78, 5) is 15.0. The Morgan fingerprint density at radius 3 is 2.25 bits per heavy atom. The Morgan fingerprint density at radius 2 is 1.92 bits per heavy atom. The number of amides is 1. The molecule has 3 N–H and O–H groups in total. The number of likely N-dealkylation sites (N-methyl/N-ethyl adjacent to an activating group) is 1. The van der Waals surface area contributed by atoms with Gasteiger partial charge >= 0.3 is 0 Å². The summed E-state index contributed by atoms with van der Waals surface area (Å²) in [6.45, 7) is 5.60. The number of carbonyl (C=O) groups is 1. The van der Waals surface area contributed by atoms with Gasteiger partial charge in [-0.3, -0.25) is 9.79 Å². The van der Waals surface area contributed by atoms with Crippen molar-refractivity contribution in [1.82, 2.24) is 5.32 Å². The zero-order valence-electron chi connectivity index (χ0n) is 8.09. The Morgan fingerprint density at radius 1 is 1.42 bits per heavy atom. The fourth-order valence-corrected chi connectivity index (χ4v) is 0.640. The Balaban J connectivity index is 4.23. The lowest BCUT2D eigenvalue weighted by molar-refractivity contribution is -0.121. The van der Waals surface area contributed by atoms with Gasteiger partial charge in [-0.05, 0) is 6.92 Å². The molecule has 0 aliphatic rings. The maximum Gasteiger partial charge on any atom is 0.244 e. The zero-order chi connectivity index (χ0) is 9.72. The molecule has 1 atom stereocenters. The van der Waals surface area contributed by atoms with Gasteiger partial charge in [0.2, 0.25) is 5.91 Å². The van der Waals surface area contributed by atoms with Gasteiger partial charge in [-0.15, -0.1) is 0 Å². The molecule has 4 heteroatoms. The van der Waals surface area contributed by atoms with Crippen LogP contribution in [0.4, 0.5) is 0 Å². The average molecular weight is 171 g/mol. The number of aliphatic imine (C=N–C) groups is 1. The molecule has 0 aromatic carbocycles. The smallest absolute Gasteiger partial charge is 0.244 e. The molecular formula is C8H17N3O. The molecule has 0 spiro atoms. The van der Waals surface area contributed by atoms with E-state index in [0.29, 0.717) is 5.84 Å². The van der Waals surface area contributed by atoms with Gasteiger partial charge in [0.05, 0.1) is 5.84 Å². The van der Waals surface area contributed by atoms with E-state index in [0.717, 1.165) is 0 Å². The van der Waals surface area contributed by atoms with Gasteiger partial charge in [-0.2, -0.15) is 0 Å². The van der Waals surface area contributed by atoms with Crippen molar-refractivity contribution in [1.29, 1.82) is 0 Å². The number of hydrogen-bond acceptors (Lipinski definition) is 2. The Kier molecular flexibility index (Phi) is 4.33. The van der Waals surface area contributed by atoms with Crippen LogP contribution in [0, 0.1) is 5.92 Å². The van der Waals surface area contributed by atoms with Crippen LogP contribution in [0.5, 0.6) is 0 Å². The van der Waals surface area contributed by atoms with Crippen LogP contribution in [0.3, 0.4) is 0 Å². The fraction of sp³-hybridized carbons (Fsp3) is 0.750. The molecule has 0 aromatic heterocycles. The summed E-state index contributed by atoms with van der Waals surface area (Å²) >= 11 is 0. The number of nitrogens with zero attached hydrogens (tertiary/aromatic N) is 1. The lowest BCUT2D eigenvalue weighted by atomic mass is 10.2. The first-order chi connectivity index (χ1) is 5.49. The van der Waals surface area contributed by atoms with Crippen LogP contribution >= 0.6 is 0 Å². The molecule has 0 bridgehead atoms. The standard InChI is InChI=1S/C8H17N3O/c1-5(2)7(9)11-6(3)8(12)10-4/h5-6H,1-4H3,(H2,9,11)(H,10,12). The van der Waals surface area contributed by atoms with E-state index in [1.165, 1.54) is 0 Å². The minimum absolute atomic E-state index is 0.112. The number of carbonyl (C=O) groups excluding carboxylic acids is 1. The maximum atomic E-state index is 11.0. The second-order valence-electron chi connectivity index (χ2n) is 3.00. The Bertz CT molecular complexity index is 187. The molecule has 0 saturated carbocycles. The Hall–Kier alpha value is -1.06. The molecule has 0 aromatic rings. The van der Waals surface area contributed by atoms with Gasteiger partial charge in [0.25, 0.3) is 0 Å². The molecule has 0 heterocycles. The molecule has 1 amide bonds. The largest absolute Gasteiger partial charge is 0.387 e. The molecule has 0 fully saturated rings. The predicted octanol–water partition coefficient (Wildman–Crippen LogP) is 0.134. The van der Waals surface area contributed by atoms with E-state index in [-0.39, 0.29) is 11.8 Å². The number of rotatable bonds is 3. The van der Waals surface area contributed by atoms with E-state index in [1.807, 2.05) is 13.8 Å². The predicted molar refractivity (Wildman–Crippen MR) is 50.0 cm³/mol. The van der Waals surface area contributed by atoms with Crippen LogP contribution in [0.15, 0.2) is 4.99 Å². The van der Waals surface area contributed by atoms with Crippen molar-refractivity contribution in [3.05, 3.63) is 0 Å². The quantitative estimate of drug-likeness (QED) is 0.468. The van der Waals surface area contributed by atoms with E-state index in [1.54, 1.807) is 14.0 Å². The van der Waals surface area contributed by atoms with Crippen molar-refractivity contribution in [2.24, 2.45) is 16.6 Å². The minimum Gasteiger partial charge on any atom is -0.387 e. The first-order valence-corrected chi connectivity index (χ1v) is 4.03. The van der Waals surface area contributed by atoms with E-state index in [9.17, 15) is 4.79 Å². The van der Waals surface area contributed by atoms with Gasteiger partial charge in [0.15, 0.2) is 0 Å². The summed E-state index contributed by atoms with van der Waals surface area (Å²) in [5.74, 6) is 0.599. The van der Waals surface area contributed by atoms with Crippen molar-refractivity contribution in [2.75, 3.05) is 7.05 Å². The highest BCUT2D eigenvalue weighted by Crippen LogP contribution is 1.96. The van der Waals surface area contributed by atoms with Gasteiger partial charge in [-0.25, -0.2) is 0 Å². The van der Waals surface area contributed by atoms with Crippen molar-refractivity contribution in [2.45, 2.75) is 26.8 Å². The van der Waals surface area contributed by atoms with Crippen molar-refractivity contribution < 1.29 is 4.79 Å². The van der Waals surface area contributed by atoms with Crippen LogP contribution in [0.25, 0.3) is 0 Å². The van der Waals surface area contributed by atoms with Crippen LogP contribution < -0.4 is 11.1 Å². The van der Waals surface area contributed by atoms with Crippen LogP contribution in [0.1, 0.15) is 20.8 Å². The zero-order valence-corrected chi connectivity index (χ0v) is 8.09. The lowest BCUT2D eigenvalue weighted by Gasteiger charge is -2.08. The molecule has 4 nitrogen and oxygen atoms in total. The third-order valence-electron chi connectivity index (χ3n) is 1.56. The molecule has 70 valence electrons. The summed E-state index contributed by atoms with van der Waals surface area (Å²) in [5, 5.41) is 2.51. The normalized spacial score (nSPS) is 14.6. The molecule has 0 saturated heterocycles. The topological polar surface area (TPSA) is 67.5 Å². The van der Waals surface area contributed by atoms with Gasteiger partial charge in [-0.1, -0.05) is 13.8 Å². The van der Waals surface area contributed by atoms with Crippen molar-refractivity contribution >= 4 is 11.7 Å². The van der Waals surface area contributed by atoms with Crippen LogP contribution in [-0.4, -0.2) is 24.8 Å². The highest BCUT2D eigenvalue weighted by Gasteiger charge is 2.10. The molecule has 1 unspecified atom stereocenters. The van der Waals surface area contributed by atoms with E-state index in [4.69, 9.17) is 5.73 Å². The van der Waals surface area contributed by atoms with E-state index < -0.39 is 6.04 Å². The van der Waals surface area contributed by atoms with Gasteiger partial charge < -0.3 is 11.1 Å². The summed E-state index contributed by atoms with van der Waals surface area (Å²) in [6, 6.07) is -0.391. The summed E-state index contributed by atoms with van der Waals surface area (Å²) in [6.07, 6.45) is 0. The molecule has 0 rings (SSSR count). The summed E-state index contributed by atoms with van der Waals surface area (Å²) in [7, 11) is 1.58. The number of hydrogen-bond donors (Lipinski definition) is 2. The van der Waals surface area contributed by atoms with Crippen molar-refractivity contribution in [3.63, 3.8) is 0 Å². The van der Waals surface area contributed by atoms with E-state index >= 15 is 0 Å². The minimum atomic E-state index is -0.391. The SMILES string of the molecule is CNC(=O)C(C)N=C(N)C(C)C. The van der Waals surface area contributed by atoms with Crippen LogP contribution in [-0.2, 0) is 4.79 Å². The molecule has 0 aliphatic carbocycles. The number of amidine groups is 1. The highest BCUT2D eigenvalue weighted by molar-refractivity contribution is 5.87. The maximum absolute atomic E-state index is 11.0. The monoisotopic (exact) mass is 171 g/mol. The third-order valence-corrected chi connectivity index (χ3v) is 1.56. The second-order valence-corrected chi connectivity index (χ2v) is 3.00. The Labute approximate surface area is 73.2 Å². The van der Waals surface area contributed by atoms with Crippen LogP contribution in [0.2, 0.25) is 0 Å². The molecule has 0 radical (unpaired) electrons. The summed E-state index contributed by atoms with van der Waals surface area (Å²) < 4.78 is 0. The number of nitrogens with one attached hydrogen (secondary N) is 1. The average Bonchev–Trinajstić information content (AvgIpc) is 2.02. The van der Waals surface area contributed by atoms with E-state index in [2.05, 4.69) is 10.3 Å². The number of nitrogens with two attached hydrogens (primary N) is 1. The third kappa shape index (κ3) is 3.37. The molecule has 12 heavy (non-hydrogen) atoms.